The smallest absolute Gasteiger partial charge is 0.116 e. The van der Waals surface area contributed by atoms with Crippen LogP contribution in [0.5, 0.6) is 0 Å². The summed E-state index contributed by atoms with van der Waals surface area (Å²) < 4.78 is 0. The van der Waals surface area contributed by atoms with Crippen LogP contribution in [-0.4, -0.2) is 47.9 Å². The predicted molar refractivity (Wildman–Crippen MR) is 162 cm³/mol. The Hall–Kier alpha value is -5.34. The highest BCUT2D eigenvalue weighted by Crippen LogP contribution is 2.34. The van der Waals surface area contributed by atoms with E-state index in [4.69, 9.17) is 0 Å². The fraction of sp³-hybridized carbons (Fsp3) is 0.0909. The number of anilines is 1. The molecule has 41 heavy (non-hydrogen) atoms. The molecule has 7 aromatic rings. The van der Waals surface area contributed by atoms with Crippen LogP contribution in [-0.2, 0) is 6.42 Å². The van der Waals surface area contributed by atoms with Gasteiger partial charge in [-0.2, -0.15) is 5.10 Å². The van der Waals surface area contributed by atoms with E-state index in [-0.39, 0.29) is 0 Å². The van der Waals surface area contributed by atoms with Crippen molar-refractivity contribution < 1.29 is 5.11 Å². The van der Waals surface area contributed by atoms with Crippen molar-refractivity contribution in [2.24, 2.45) is 0 Å². The molecule has 0 amide bonds. The van der Waals surface area contributed by atoms with E-state index in [2.05, 4.69) is 53.6 Å². The maximum atomic E-state index is 10.5. The molecule has 0 bridgehead atoms. The number of nitrogens with zero attached hydrogens (tertiary/aromatic N) is 4. The Morgan fingerprint density at radius 3 is 2.56 bits per heavy atom. The lowest BCUT2D eigenvalue weighted by Crippen LogP contribution is -2.21. The second kappa shape index (κ2) is 10.7. The van der Waals surface area contributed by atoms with E-state index in [9.17, 15) is 5.11 Å². The van der Waals surface area contributed by atoms with Gasteiger partial charge in [0.2, 0.25) is 0 Å². The largest absolute Gasteiger partial charge is 0.391 e. The van der Waals surface area contributed by atoms with Gasteiger partial charge in [-0.15, -0.1) is 0 Å². The Bertz CT molecular complexity index is 1950. The first-order valence-electron chi connectivity index (χ1n) is 13.5. The van der Waals surface area contributed by atoms with Gasteiger partial charge < -0.3 is 15.4 Å². The number of aliphatic hydroxyl groups is 1. The van der Waals surface area contributed by atoms with E-state index in [1.165, 1.54) is 0 Å². The fourth-order valence-electron chi connectivity index (χ4n) is 5.18. The van der Waals surface area contributed by atoms with Gasteiger partial charge in [0.05, 0.1) is 40.6 Å². The first-order valence-corrected chi connectivity index (χ1v) is 13.5. The van der Waals surface area contributed by atoms with Crippen LogP contribution in [0.4, 0.5) is 5.69 Å². The fourth-order valence-corrected chi connectivity index (χ4v) is 5.18. The van der Waals surface area contributed by atoms with Gasteiger partial charge in [-0.25, -0.2) is 0 Å². The van der Waals surface area contributed by atoms with Crippen LogP contribution in [0.25, 0.3) is 55.7 Å². The molecule has 0 saturated carbocycles. The molecule has 1 unspecified atom stereocenters. The first-order chi connectivity index (χ1) is 20.2. The van der Waals surface area contributed by atoms with Gasteiger partial charge in [0, 0.05) is 59.0 Å². The number of aromatic nitrogens is 6. The molecular weight excluding hydrogens is 510 g/mol. The van der Waals surface area contributed by atoms with Gasteiger partial charge in [-0.3, -0.25) is 20.1 Å². The first kappa shape index (κ1) is 24.7. The van der Waals surface area contributed by atoms with Crippen molar-refractivity contribution in [2.75, 3.05) is 11.9 Å². The minimum absolute atomic E-state index is 0.416. The summed E-state index contributed by atoms with van der Waals surface area (Å²) in [5.74, 6) is 0. The summed E-state index contributed by atoms with van der Waals surface area (Å²) in [7, 11) is 0. The van der Waals surface area contributed by atoms with E-state index >= 15 is 0 Å². The number of aromatic amines is 2. The molecule has 8 heteroatoms. The van der Waals surface area contributed by atoms with E-state index in [1.54, 1.807) is 18.6 Å². The summed E-state index contributed by atoms with van der Waals surface area (Å²) in [5, 5.41) is 23.6. The van der Waals surface area contributed by atoms with Crippen molar-refractivity contribution in [3.05, 3.63) is 115 Å². The Kier molecular flexibility index (Phi) is 6.42. The average molecular weight is 538 g/mol. The van der Waals surface area contributed by atoms with Gasteiger partial charge >= 0.3 is 0 Å². The van der Waals surface area contributed by atoms with E-state index in [1.807, 2.05) is 72.9 Å². The molecule has 0 saturated heterocycles. The summed E-state index contributed by atoms with van der Waals surface area (Å²) in [4.78, 5) is 17.2. The molecule has 0 spiro atoms. The molecule has 4 N–H and O–H groups in total. The third-order valence-electron chi connectivity index (χ3n) is 7.20. The standard InChI is InChI=1S/C33H27N7O/c41-24(13-21-7-2-1-3-8-21)19-36-23-14-22(17-34-18-23)30-16-27-32(20-37-30)39-40-33(27)31-15-26-25(9-6-11-29(26)38-31)28-10-4-5-12-35-28/h1-12,14-18,20,24,36,38,41H,13,19H2,(H,39,40). The Morgan fingerprint density at radius 2 is 1.68 bits per heavy atom. The maximum absolute atomic E-state index is 10.5. The van der Waals surface area contributed by atoms with Gasteiger partial charge in [0.15, 0.2) is 0 Å². The SMILES string of the molecule is OC(CNc1cncc(-c2cc3c(-c4cc5c(-c6ccccn6)cccc5[nH]4)n[nH]c3cn2)c1)Cc1ccccc1. The van der Waals surface area contributed by atoms with Crippen LogP contribution in [0.2, 0.25) is 0 Å². The third kappa shape index (κ3) is 5.04. The van der Waals surface area contributed by atoms with Gasteiger partial charge in [-0.05, 0) is 42.0 Å². The van der Waals surface area contributed by atoms with Gasteiger partial charge in [0.1, 0.15) is 5.69 Å². The summed E-state index contributed by atoms with van der Waals surface area (Å²) in [6.45, 7) is 0.416. The number of hydrogen-bond acceptors (Lipinski definition) is 6. The molecule has 5 aromatic heterocycles. The Morgan fingerprint density at radius 1 is 0.780 bits per heavy atom. The van der Waals surface area contributed by atoms with Crippen LogP contribution in [0.3, 0.4) is 0 Å². The molecule has 0 fully saturated rings. The highest BCUT2D eigenvalue weighted by atomic mass is 16.3. The zero-order chi connectivity index (χ0) is 27.6. The van der Waals surface area contributed by atoms with Gasteiger partial charge in [-0.1, -0.05) is 48.5 Å². The molecule has 1 atom stereocenters. The highest BCUT2D eigenvalue weighted by molar-refractivity contribution is 6.01. The highest BCUT2D eigenvalue weighted by Gasteiger charge is 2.15. The Labute approximate surface area is 236 Å². The molecule has 200 valence electrons. The van der Waals surface area contributed by atoms with Crippen molar-refractivity contribution in [1.82, 2.24) is 30.1 Å². The molecule has 5 heterocycles. The van der Waals surface area contributed by atoms with Crippen LogP contribution < -0.4 is 5.32 Å². The number of fused-ring (bicyclic) bond motifs is 2. The van der Waals surface area contributed by atoms with Crippen molar-refractivity contribution in [3.8, 4) is 33.9 Å². The second-order valence-corrected chi connectivity index (χ2v) is 10.0. The lowest BCUT2D eigenvalue weighted by Gasteiger charge is -2.13. The number of aliphatic hydroxyl groups excluding tert-OH is 1. The van der Waals surface area contributed by atoms with Crippen LogP contribution in [0.15, 0.2) is 110 Å². The van der Waals surface area contributed by atoms with Crippen LogP contribution in [0.1, 0.15) is 5.56 Å². The van der Waals surface area contributed by atoms with Gasteiger partial charge in [0.25, 0.3) is 0 Å². The summed E-state index contributed by atoms with van der Waals surface area (Å²) in [5.41, 5.74) is 9.16. The van der Waals surface area contributed by atoms with Crippen molar-refractivity contribution in [1.29, 1.82) is 0 Å². The molecular formula is C33H27N7O. The summed E-state index contributed by atoms with van der Waals surface area (Å²) >= 11 is 0. The zero-order valence-electron chi connectivity index (χ0n) is 22.1. The Balaban J connectivity index is 1.16. The summed E-state index contributed by atoms with van der Waals surface area (Å²) in [6.07, 6.45) is 7.22. The topological polar surface area (TPSA) is 115 Å². The number of benzene rings is 2. The molecule has 0 radical (unpaired) electrons. The molecule has 2 aromatic carbocycles. The lowest BCUT2D eigenvalue weighted by atomic mass is 10.1. The second-order valence-electron chi connectivity index (χ2n) is 10.0. The number of nitrogens with one attached hydrogen (secondary N) is 3. The number of pyridine rings is 3. The molecule has 7 rings (SSSR count). The van der Waals surface area contributed by atoms with Crippen LogP contribution >= 0.6 is 0 Å². The third-order valence-corrected chi connectivity index (χ3v) is 7.20. The number of rotatable bonds is 8. The van der Waals surface area contributed by atoms with Crippen molar-refractivity contribution in [3.63, 3.8) is 0 Å². The van der Waals surface area contributed by atoms with Crippen molar-refractivity contribution >= 4 is 27.5 Å². The normalized spacial score (nSPS) is 12.1. The number of H-pyrrole nitrogens is 2. The molecule has 0 aliphatic rings. The predicted octanol–water partition coefficient (Wildman–Crippen LogP) is 6.25. The van der Waals surface area contributed by atoms with Crippen molar-refractivity contribution in [2.45, 2.75) is 12.5 Å². The number of hydrogen-bond donors (Lipinski definition) is 4. The quantitative estimate of drug-likeness (QED) is 0.182. The average Bonchev–Trinajstić information content (AvgIpc) is 3.65. The molecule has 8 nitrogen and oxygen atoms in total. The van der Waals surface area contributed by atoms with E-state index < -0.39 is 6.10 Å². The minimum Gasteiger partial charge on any atom is -0.391 e. The lowest BCUT2D eigenvalue weighted by molar-refractivity contribution is 0.188. The maximum Gasteiger partial charge on any atom is 0.116 e. The molecule has 0 aliphatic heterocycles. The van der Waals surface area contributed by atoms with E-state index in [0.717, 1.165) is 67.0 Å². The van der Waals surface area contributed by atoms with E-state index in [0.29, 0.717) is 13.0 Å². The monoisotopic (exact) mass is 537 g/mol. The summed E-state index contributed by atoms with van der Waals surface area (Å²) in [6, 6.07) is 28.3. The zero-order valence-corrected chi connectivity index (χ0v) is 22.1. The molecule has 0 aliphatic carbocycles. The van der Waals surface area contributed by atoms with Crippen LogP contribution in [0, 0.1) is 0 Å². The minimum atomic E-state index is -0.515.